The third-order valence-electron chi connectivity index (χ3n) is 4.01. The van der Waals surface area contributed by atoms with Gasteiger partial charge in [-0.2, -0.15) is 0 Å². The van der Waals surface area contributed by atoms with E-state index in [0.717, 1.165) is 11.1 Å². The van der Waals surface area contributed by atoms with Crippen LogP contribution in [0, 0.1) is 13.8 Å². The van der Waals surface area contributed by atoms with Crippen molar-refractivity contribution in [3.05, 3.63) is 70.3 Å². The number of hydrogen-bond acceptors (Lipinski definition) is 2. The SMILES string of the molecule is CC(=O)NCc1ccc(C(=O)NC(C)c2cc(C)ccc2C)cc1. The number of aryl methyl sites for hydroxylation is 2. The van der Waals surface area contributed by atoms with Crippen molar-refractivity contribution in [2.24, 2.45) is 0 Å². The van der Waals surface area contributed by atoms with Gasteiger partial charge in [0.15, 0.2) is 0 Å². The van der Waals surface area contributed by atoms with Crippen molar-refractivity contribution in [2.45, 2.75) is 40.3 Å². The Bertz CT molecular complexity index is 736. The molecule has 1 unspecified atom stereocenters. The highest BCUT2D eigenvalue weighted by atomic mass is 16.2. The van der Waals surface area contributed by atoms with E-state index in [1.54, 1.807) is 12.1 Å². The lowest BCUT2D eigenvalue weighted by Gasteiger charge is -2.17. The number of carbonyl (C=O) groups excluding carboxylic acids is 2. The first-order valence-corrected chi connectivity index (χ1v) is 8.08. The van der Waals surface area contributed by atoms with Crippen molar-refractivity contribution in [2.75, 3.05) is 0 Å². The van der Waals surface area contributed by atoms with Crippen LogP contribution in [-0.2, 0) is 11.3 Å². The molecule has 2 aromatic carbocycles. The molecule has 126 valence electrons. The minimum atomic E-state index is -0.102. The topological polar surface area (TPSA) is 58.2 Å². The monoisotopic (exact) mass is 324 g/mol. The van der Waals surface area contributed by atoms with E-state index in [4.69, 9.17) is 0 Å². The van der Waals surface area contributed by atoms with Crippen molar-refractivity contribution < 1.29 is 9.59 Å². The molecule has 1 atom stereocenters. The second-order valence-corrected chi connectivity index (χ2v) is 6.16. The Labute approximate surface area is 143 Å². The van der Waals surface area contributed by atoms with Gasteiger partial charge in [-0.05, 0) is 49.6 Å². The second-order valence-electron chi connectivity index (χ2n) is 6.16. The summed E-state index contributed by atoms with van der Waals surface area (Å²) in [7, 11) is 0. The Morgan fingerprint density at radius 2 is 1.71 bits per heavy atom. The summed E-state index contributed by atoms with van der Waals surface area (Å²) >= 11 is 0. The quantitative estimate of drug-likeness (QED) is 0.885. The fourth-order valence-corrected chi connectivity index (χ4v) is 2.58. The second kappa shape index (κ2) is 7.77. The molecule has 2 amide bonds. The molecule has 0 spiro atoms. The molecular formula is C20H24N2O2. The molecule has 0 aromatic heterocycles. The summed E-state index contributed by atoms with van der Waals surface area (Å²) in [6, 6.07) is 13.5. The third-order valence-corrected chi connectivity index (χ3v) is 4.01. The Morgan fingerprint density at radius 3 is 2.33 bits per heavy atom. The normalized spacial score (nSPS) is 11.7. The summed E-state index contributed by atoms with van der Waals surface area (Å²) < 4.78 is 0. The zero-order valence-electron chi connectivity index (χ0n) is 14.6. The van der Waals surface area contributed by atoms with Gasteiger partial charge in [-0.15, -0.1) is 0 Å². The van der Waals surface area contributed by atoms with Crippen LogP contribution in [0.1, 0.15) is 52.5 Å². The number of nitrogens with one attached hydrogen (secondary N) is 2. The number of rotatable bonds is 5. The molecule has 0 bridgehead atoms. The zero-order valence-corrected chi connectivity index (χ0v) is 14.6. The molecule has 0 saturated heterocycles. The van der Waals surface area contributed by atoms with E-state index in [9.17, 15) is 9.59 Å². The molecule has 0 heterocycles. The molecule has 0 aliphatic heterocycles. The van der Waals surface area contributed by atoms with Gasteiger partial charge in [0.2, 0.25) is 5.91 Å². The molecule has 0 aliphatic rings. The maximum atomic E-state index is 12.4. The highest BCUT2D eigenvalue weighted by Gasteiger charge is 2.13. The molecule has 0 fully saturated rings. The molecule has 4 heteroatoms. The third kappa shape index (κ3) is 4.69. The molecule has 2 aromatic rings. The van der Waals surface area contributed by atoms with Crippen molar-refractivity contribution in [3.63, 3.8) is 0 Å². The highest BCUT2D eigenvalue weighted by molar-refractivity contribution is 5.94. The Balaban J connectivity index is 2.03. The van der Waals surface area contributed by atoms with Crippen LogP contribution in [0.5, 0.6) is 0 Å². The van der Waals surface area contributed by atoms with Crippen LogP contribution in [0.15, 0.2) is 42.5 Å². The van der Waals surface area contributed by atoms with Crippen molar-refractivity contribution in [3.8, 4) is 0 Å². The summed E-state index contributed by atoms with van der Waals surface area (Å²) in [4.78, 5) is 23.3. The first kappa shape index (κ1) is 17.7. The first-order chi connectivity index (χ1) is 11.4. The van der Waals surface area contributed by atoms with E-state index in [0.29, 0.717) is 12.1 Å². The predicted molar refractivity (Wildman–Crippen MR) is 95.8 cm³/mol. The largest absolute Gasteiger partial charge is 0.352 e. The van der Waals surface area contributed by atoms with Crippen LogP contribution in [-0.4, -0.2) is 11.8 Å². The van der Waals surface area contributed by atoms with Gasteiger partial charge in [0.25, 0.3) is 5.91 Å². The predicted octanol–water partition coefficient (Wildman–Crippen LogP) is 3.43. The van der Waals surface area contributed by atoms with Gasteiger partial charge in [-0.1, -0.05) is 35.9 Å². The molecule has 0 aliphatic carbocycles. The summed E-state index contributed by atoms with van der Waals surface area (Å²) in [6.45, 7) is 8.04. The Hall–Kier alpha value is -2.62. The van der Waals surface area contributed by atoms with Gasteiger partial charge in [0, 0.05) is 19.0 Å². The van der Waals surface area contributed by atoms with E-state index in [-0.39, 0.29) is 17.9 Å². The van der Waals surface area contributed by atoms with Gasteiger partial charge >= 0.3 is 0 Å². The average molecular weight is 324 g/mol. The molecule has 4 nitrogen and oxygen atoms in total. The fraction of sp³-hybridized carbons (Fsp3) is 0.300. The molecule has 0 radical (unpaired) electrons. The van der Waals surface area contributed by atoms with E-state index >= 15 is 0 Å². The lowest BCUT2D eigenvalue weighted by molar-refractivity contribution is -0.119. The summed E-state index contributed by atoms with van der Waals surface area (Å²) in [5.74, 6) is -0.173. The van der Waals surface area contributed by atoms with Gasteiger partial charge in [-0.25, -0.2) is 0 Å². The van der Waals surface area contributed by atoms with E-state index in [1.165, 1.54) is 18.1 Å². The summed E-state index contributed by atoms with van der Waals surface area (Å²) in [6.07, 6.45) is 0. The molecule has 2 rings (SSSR count). The van der Waals surface area contributed by atoms with Crippen LogP contribution in [0.4, 0.5) is 0 Å². The van der Waals surface area contributed by atoms with Gasteiger partial charge in [0.05, 0.1) is 6.04 Å². The number of amides is 2. The lowest BCUT2D eigenvalue weighted by Crippen LogP contribution is -2.27. The van der Waals surface area contributed by atoms with E-state index in [2.05, 4.69) is 28.8 Å². The van der Waals surface area contributed by atoms with Crippen molar-refractivity contribution in [1.29, 1.82) is 0 Å². The van der Waals surface area contributed by atoms with Crippen LogP contribution in [0.2, 0.25) is 0 Å². The standard InChI is InChI=1S/C20H24N2O2/c1-13-5-6-14(2)19(11-13)15(3)22-20(24)18-9-7-17(8-10-18)12-21-16(4)23/h5-11,15H,12H2,1-4H3,(H,21,23)(H,22,24). The number of carbonyl (C=O) groups is 2. The number of benzene rings is 2. The maximum Gasteiger partial charge on any atom is 0.251 e. The molecule has 0 saturated carbocycles. The zero-order chi connectivity index (χ0) is 17.7. The number of hydrogen-bond donors (Lipinski definition) is 2. The van der Waals surface area contributed by atoms with Crippen molar-refractivity contribution in [1.82, 2.24) is 10.6 Å². The maximum absolute atomic E-state index is 12.4. The lowest BCUT2D eigenvalue weighted by atomic mass is 9.99. The summed E-state index contributed by atoms with van der Waals surface area (Å²) in [5, 5.41) is 5.78. The van der Waals surface area contributed by atoms with Crippen molar-refractivity contribution >= 4 is 11.8 Å². The van der Waals surface area contributed by atoms with Gasteiger partial charge in [-0.3, -0.25) is 9.59 Å². The molecule has 2 N–H and O–H groups in total. The smallest absolute Gasteiger partial charge is 0.251 e. The van der Waals surface area contributed by atoms with E-state index in [1.807, 2.05) is 32.9 Å². The first-order valence-electron chi connectivity index (χ1n) is 8.08. The van der Waals surface area contributed by atoms with Crippen LogP contribution in [0.25, 0.3) is 0 Å². The Kier molecular flexibility index (Phi) is 5.74. The van der Waals surface area contributed by atoms with E-state index < -0.39 is 0 Å². The molecular weight excluding hydrogens is 300 g/mol. The highest BCUT2D eigenvalue weighted by Crippen LogP contribution is 2.19. The minimum absolute atomic E-state index is 0.0588. The van der Waals surface area contributed by atoms with Gasteiger partial charge in [0.1, 0.15) is 0 Å². The van der Waals surface area contributed by atoms with Crippen LogP contribution < -0.4 is 10.6 Å². The molecule has 24 heavy (non-hydrogen) atoms. The average Bonchev–Trinajstić information content (AvgIpc) is 2.55. The Morgan fingerprint density at radius 1 is 1.04 bits per heavy atom. The van der Waals surface area contributed by atoms with Crippen LogP contribution >= 0.6 is 0 Å². The van der Waals surface area contributed by atoms with Crippen LogP contribution in [0.3, 0.4) is 0 Å². The fourth-order valence-electron chi connectivity index (χ4n) is 2.58. The van der Waals surface area contributed by atoms with Gasteiger partial charge < -0.3 is 10.6 Å². The summed E-state index contributed by atoms with van der Waals surface area (Å²) in [5.41, 5.74) is 5.05. The minimum Gasteiger partial charge on any atom is -0.352 e.